The molecular weight excluding hydrogens is 353 g/mol. The van der Waals surface area contributed by atoms with Crippen LogP contribution in [-0.2, 0) is 4.74 Å². The first-order valence-corrected chi connectivity index (χ1v) is 6.75. The van der Waals surface area contributed by atoms with E-state index in [0.717, 1.165) is 14.8 Å². The molecule has 0 aliphatic carbocycles. The minimum atomic E-state index is -0.340. The quantitative estimate of drug-likeness (QED) is 0.471. The van der Waals surface area contributed by atoms with Crippen molar-refractivity contribution in [3.63, 3.8) is 0 Å². The third-order valence-electron chi connectivity index (χ3n) is 2.55. The predicted octanol–water partition coefficient (Wildman–Crippen LogP) is 3.83. The van der Waals surface area contributed by atoms with Crippen molar-refractivity contribution in [3.05, 3.63) is 63.2 Å². The van der Waals surface area contributed by atoms with Crippen LogP contribution in [0.3, 0.4) is 0 Å². The zero-order valence-corrected chi connectivity index (χ0v) is 12.5. The van der Waals surface area contributed by atoms with Crippen molar-refractivity contribution in [1.29, 1.82) is 0 Å². The molecule has 0 N–H and O–H groups in total. The number of benzene rings is 2. The van der Waals surface area contributed by atoms with Crippen molar-refractivity contribution in [2.75, 3.05) is 7.11 Å². The van der Waals surface area contributed by atoms with Gasteiger partial charge in [-0.2, -0.15) is 0 Å². The minimum Gasteiger partial charge on any atom is -0.465 e. The largest absolute Gasteiger partial charge is 0.465 e. The van der Waals surface area contributed by atoms with Gasteiger partial charge in [-0.1, -0.05) is 18.2 Å². The van der Waals surface area contributed by atoms with Crippen LogP contribution in [0.15, 0.2) is 53.5 Å². The number of nitrogens with zero attached hydrogens (tertiary/aromatic N) is 1. The summed E-state index contributed by atoms with van der Waals surface area (Å²) in [6.07, 6.45) is 1.81. The molecule has 96 valence electrons. The molecule has 2 rings (SSSR count). The summed E-state index contributed by atoms with van der Waals surface area (Å²) in [5, 5.41) is 0. The molecule has 4 heteroatoms. The van der Waals surface area contributed by atoms with E-state index < -0.39 is 0 Å². The van der Waals surface area contributed by atoms with Gasteiger partial charge in [0.15, 0.2) is 0 Å². The highest BCUT2D eigenvalue weighted by molar-refractivity contribution is 14.1. The van der Waals surface area contributed by atoms with E-state index in [0.29, 0.717) is 5.56 Å². The van der Waals surface area contributed by atoms with Gasteiger partial charge in [0.05, 0.1) is 18.4 Å². The molecule has 0 unspecified atom stereocenters. The van der Waals surface area contributed by atoms with Crippen LogP contribution >= 0.6 is 22.6 Å². The van der Waals surface area contributed by atoms with E-state index in [1.807, 2.05) is 30.5 Å². The van der Waals surface area contributed by atoms with Crippen LogP contribution in [0, 0.1) is 3.57 Å². The first-order valence-electron chi connectivity index (χ1n) is 5.67. The molecule has 0 spiro atoms. The summed E-state index contributed by atoms with van der Waals surface area (Å²) in [6, 6.07) is 15.0. The van der Waals surface area contributed by atoms with Crippen LogP contribution in [0.1, 0.15) is 15.9 Å². The lowest BCUT2D eigenvalue weighted by atomic mass is 10.2. The maximum absolute atomic E-state index is 11.3. The molecule has 0 fully saturated rings. The molecule has 0 radical (unpaired) electrons. The lowest BCUT2D eigenvalue weighted by Gasteiger charge is -2.00. The Balaban J connectivity index is 2.16. The van der Waals surface area contributed by atoms with E-state index in [9.17, 15) is 4.79 Å². The normalized spacial score (nSPS) is 10.6. The summed E-state index contributed by atoms with van der Waals surface area (Å²) in [4.78, 5) is 15.7. The summed E-state index contributed by atoms with van der Waals surface area (Å²) in [5.74, 6) is -0.340. The van der Waals surface area contributed by atoms with Crippen molar-refractivity contribution < 1.29 is 9.53 Å². The molecule has 0 amide bonds. The zero-order valence-electron chi connectivity index (χ0n) is 10.3. The average Bonchev–Trinajstić information content (AvgIpc) is 2.46. The monoisotopic (exact) mass is 365 g/mol. The van der Waals surface area contributed by atoms with Crippen molar-refractivity contribution in [1.82, 2.24) is 0 Å². The van der Waals surface area contributed by atoms with Gasteiger partial charge in [-0.3, -0.25) is 4.99 Å². The average molecular weight is 365 g/mol. The van der Waals surface area contributed by atoms with Gasteiger partial charge in [0.1, 0.15) is 0 Å². The smallest absolute Gasteiger partial charge is 0.337 e. The van der Waals surface area contributed by atoms with Crippen molar-refractivity contribution in [3.8, 4) is 0 Å². The standard InChI is InChI=1S/C15H12INO2/c1-19-15(18)11-6-8-13(9-7-11)17-10-12-4-2-3-5-14(12)16/h2-10H,1H3. The SMILES string of the molecule is COC(=O)c1ccc(N=Cc2ccccc2I)cc1. The van der Waals surface area contributed by atoms with E-state index in [4.69, 9.17) is 0 Å². The van der Waals surface area contributed by atoms with Gasteiger partial charge in [0, 0.05) is 15.3 Å². The fourth-order valence-corrected chi connectivity index (χ4v) is 2.05. The predicted molar refractivity (Wildman–Crippen MR) is 84.2 cm³/mol. The summed E-state index contributed by atoms with van der Waals surface area (Å²) in [6.45, 7) is 0. The van der Waals surface area contributed by atoms with Gasteiger partial charge >= 0.3 is 5.97 Å². The van der Waals surface area contributed by atoms with E-state index in [2.05, 4.69) is 32.3 Å². The highest BCUT2D eigenvalue weighted by Crippen LogP contribution is 2.15. The number of aliphatic imine (C=N–C) groups is 1. The second-order valence-electron chi connectivity index (χ2n) is 3.82. The number of rotatable bonds is 3. The number of esters is 1. The Kier molecular flexibility index (Phi) is 4.68. The Bertz CT molecular complexity index is 606. The molecule has 0 bridgehead atoms. The summed E-state index contributed by atoms with van der Waals surface area (Å²) < 4.78 is 5.79. The van der Waals surface area contributed by atoms with E-state index in [1.54, 1.807) is 24.3 Å². The molecule has 0 saturated carbocycles. The molecule has 0 heterocycles. The van der Waals surface area contributed by atoms with E-state index in [1.165, 1.54) is 7.11 Å². The van der Waals surface area contributed by atoms with Crippen LogP contribution in [0.25, 0.3) is 0 Å². The molecule has 3 nitrogen and oxygen atoms in total. The molecule has 0 atom stereocenters. The van der Waals surface area contributed by atoms with Gasteiger partial charge in [0.2, 0.25) is 0 Å². The maximum Gasteiger partial charge on any atom is 0.337 e. The van der Waals surface area contributed by atoms with Crippen LogP contribution < -0.4 is 0 Å². The Morgan fingerprint density at radius 1 is 1.16 bits per heavy atom. The molecular formula is C15H12INO2. The molecule has 0 aliphatic rings. The Morgan fingerprint density at radius 3 is 2.47 bits per heavy atom. The molecule has 0 aromatic heterocycles. The minimum absolute atomic E-state index is 0.340. The van der Waals surface area contributed by atoms with Crippen LogP contribution in [-0.4, -0.2) is 19.3 Å². The van der Waals surface area contributed by atoms with Gasteiger partial charge in [-0.05, 0) is 52.9 Å². The lowest BCUT2D eigenvalue weighted by Crippen LogP contribution is -1.99. The maximum atomic E-state index is 11.3. The van der Waals surface area contributed by atoms with Crippen LogP contribution in [0.5, 0.6) is 0 Å². The fourth-order valence-electron chi connectivity index (χ4n) is 1.53. The number of hydrogen-bond acceptors (Lipinski definition) is 3. The number of halogens is 1. The second-order valence-corrected chi connectivity index (χ2v) is 4.98. The first-order chi connectivity index (χ1) is 9.20. The Labute approximate surface area is 125 Å². The van der Waals surface area contributed by atoms with E-state index >= 15 is 0 Å². The molecule has 0 aliphatic heterocycles. The molecule has 19 heavy (non-hydrogen) atoms. The number of methoxy groups -OCH3 is 1. The van der Waals surface area contributed by atoms with Gasteiger partial charge in [0.25, 0.3) is 0 Å². The van der Waals surface area contributed by atoms with E-state index in [-0.39, 0.29) is 5.97 Å². The summed E-state index contributed by atoms with van der Waals surface area (Å²) >= 11 is 2.27. The third-order valence-corrected chi connectivity index (χ3v) is 3.53. The molecule has 0 saturated heterocycles. The van der Waals surface area contributed by atoms with Crippen molar-refractivity contribution in [2.45, 2.75) is 0 Å². The van der Waals surface area contributed by atoms with Crippen molar-refractivity contribution in [2.24, 2.45) is 4.99 Å². The molecule has 2 aromatic carbocycles. The highest BCUT2D eigenvalue weighted by Gasteiger charge is 2.03. The number of carbonyl (C=O) groups is 1. The Hall–Kier alpha value is -1.69. The lowest BCUT2D eigenvalue weighted by molar-refractivity contribution is 0.0601. The number of carbonyl (C=O) groups excluding carboxylic acids is 1. The fraction of sp³-hybridized carbons (Fsp3) is 0.0667. The Morgan fingerprint density at radius 2 is 1.84 bits per heavy atom. The van der Waals surface area contributed by atoms with Crippen LogP contribution in [0.4, 0.5) is 5.69 Å². The van der Waals surface area contributed by atoms with Gasteiger partial charge < -0.3 is 4.74 Å². The highest BCUT2D eigenvalue weighted by atomic mass is 127. The molecule has 2 aromatic rings. The first kappa shape index (κ1) is 13.7. The summed E-state index contributed by atoms with van der Waals surface area (Å²) in [5.41, 5.74) is 2.39. The van der Waals surface area contributed by atoms with Gasteiger partial charge in [-0.25, -0.2) is 4.79 Å². The van der Waals surface area contributed by atoms with Crippen molar-refractivity contribution >= 4 is 40.5 Å². The van der Waals surface area contributed by atoms with Crippen LogP contribution in [0.2, 0.25) is 0 Å². The van der Waals surface area contributed by atoms with Gasteiger partial charge in [-0.15, -0.1) is 0 Å². The number of hydrogen-bond donors (Lipinski definition) is 0. The topological polar surface area (TPSA) is 38.7 Å². The summed E-state index contributed by atoms with van der Waals surface area (Å²) in [7, 11) is 1.37. The number of ether oxygens (including phenoxy) is 1. The third kappa shape index (κ3) is 3.64. The second kappa shape index (κ2) is 6.47. The zero-order chi connectivity index (χ0) is 13.7.